The summed E-state index contributed by atoms with van der Waals surface area (Å²) in [5.41, 5.74) is 0.586. The monoisotopic (exact) mass is 426 g/mol. The van der Waals surface area contributed by atoms with Crippen molar-refractivity contribution in [3.05, 3.63) is 59.7 Å². The van der Waals surface area contributed by atoms with Crippen molar-refractivity contribution in [1.82, 2.24) is 5.32 Å². The van der Waals surface area contributed by atoms with Gasteiger partial charge in [-0.3, -0.25) is 4.79 Å². The van der Waals surface area contributed by atoms with Crippen LogP contribution >= 0.6 is 0 Å². The molecule has 2 aromatic carbocycles. The van der Waals surface area contributed by atoms with Gasteiger partial charge in [-0.2, -0.15) is 5.26 Å². The molecular formula is C23H26N2O6. The molecule has 0 saturated heterocycles. The Bertz CT molecular complexity index is 931. The van der Waals surface area contributed by atoms with Gasteiger partial charge in [0.25, 0.3) is 0 Å². The molecule has 1 amide bonds. The molecule has 0 saturated carbocycles. The first kappa shape index (κ1) is 23.5. The fraction of sp³-hybridized carbons (Fsp3) is 0.348. The minimum absolute atomic E-state index is 0.151. The second-order valence-corrected chi connectivity index (χ2v) is 7.80. The van der Waals surface area contributed by atoms with Crippen LogP contribution in [0.15, 0.2) is 48.5 Å². The molecule has 0 heterocycles. The van der Waals surface area contributed by atoms with E-state index in [1.165, 1.54) is 6.07 Å². The number of rotatable bonds is 9. The van der Waals surface area contributed by atoms with Gasteiger partial charge in [-0.15, -0.1) is 0 Å². The zero-order valence-corrected chi connectivity index (χ0v) is 17.8. The normalized spacial score (nSPS) is 11.7. The number of ether oxygens (including phenoxy) is 3. The van der Waals surface area contributed by atoms with Gasteiger partial charge in [0.05, 0.1) is 24.1 Å². The topological polar surface area (TPSA) is 118 Å². The van der Waals surface area contributed by atoms with Crippen LogP contribution in [0.1, 0.15) is 38.3 Å². The van der Waals surface area contributed by atoms with Gasteiger partial charge in [0, 0.05) is 6.07 Å². The molecule has 0 aliphatic carbocycles. The van der Waals surface area contributed by atoms with Gasteiger partial charge in [0.2, 0.25) is 0 Å². The Labute approximate surface area is 181 Å². The number of nitriles is 1. The summed E-state index contributed by atoms with van der Waals surface area (Å²) in [6, 6.07) is 15.4. The molecule has 0 bridgehead atoms. The summed E-state index contributed by atoms with van der Waals surface area (Å²) < 4.78 is 16.8. The van der Waals surface area contributed by atoms with Crippen molar-refractivity contribution in [1.29, 1.82) is 5.26 Å². The number of carboxylic acids is 1. The quantitative estimate of drug-likeness (QED) is 0.624. The summed E-state index contributed by atoms with van der Waals surface area (Å²) in [7, 11) is 0. The first-order valence-corrected chi connectivity index (χ1v) is 9.71. The van der Waals surface area contributed by atoms with Gasteiger partial charge in [-0.25, -0.2) is 4.79 Å². The predicted octanol–water partition coefficient (Wildman–Crippen LogP) is 3.88. The Kier molecular flexibility index (Phi) is 8.26. The highest BCUT2D eigenvalue weighted by atomic mass is 16.6. The van der Waals surface area contributed by atoms with E-state index in [9.17, 15) is 14.9 Å². The maximum Gasteiger partial charge on any atom is 0.408 e. The Morgan fingerprint density at radius 3 is 2.42 bits per heavy atom. The van der Waals surface area contributed by atoms with E-state index in [0.717, 1.165) is 5.56 Å². The number of carbonyl (C=O) groups excluding carboxylic acids is 1. The van der Waals surface area contributed by atoms with Gasteiger partial charge in [-0.1, -0.05) is 30.3 Å². The number of nitrogens with zero attached hydrogens (tertiary/aromatic N) is 1. The SMILES string of the molecule is CC(C)(C)OC(=O)N[C@@H](COc1cc(C#N)ccc1OCc1ccccc1)CC(=O)O. The number of nitrogens with one attached hydrogen (secondary N) is 1. The Morgan fingerprint density at radius 2 is 1.81 bits per heavy atom. The average Bonchev–Trinajstić information content (AvgIpc) is 2.69. The van der Waals surface area contributed by atoms with Gasteiger partial charge in [-0.05, 0) is 38.5 Å². The molecule has 0 aliphatic rings. The Balaban J connectivity index is 2.10. The molecular weight excluding hydrogens is 400 g/mol. The van der Waals surface area contributed by atoms with Crippen LogP contribution in [0, 0.1) is 11.3 Å². The lowest BCUT2D eigenvalue weighted by atomic mass is 10.2. The number of benzene rings is 2. The third-order valence-corrected chi connectivity index (χ3v) is 3.89. The molecule has 1 atom stereocenters. The van der Waals surface area contributed by atoms with Crippen LogP contribution in [-0.2, 0) is 16.1 Å². The van der Waals surface area contributed by atoms with E-state index in [-0.39, 0.29) is 25.4 Å². The third-order valence-electron chi connectivity index (χ3n) is 3.89. The molecule has 8 nitrogen and oxygen atoms in total. The summed E-state index contributed by atoms with van der Waals surface area (Å²) >= 11 is 0. The van der Waals surface area contributed by atoms with Crippen molar-refractivity contribution in [2.24, 2.45) is 0 Å². The van der Waals surface area contributed by atoms with Gasteiger partial charge < -0.3 is 24.6 Å². The smallest absolute Gasteiger partial charge is 0.408 e. The number of alkyl carbamates (subject to hydrolysis) is 1. The molecule has 2 N–H and O–H groups in total. The second-order valence-electron chi connectivity index (χ2n) is 7.80. The zero-order valence-electron chi connectivity index (χ0n) is 17.8. The van der Waals surface area contributed by atoms with Gasteiger partial charge in [0.1, 0.15) is 18.8 Å². The van der Waals surface area contributed by atoms with E-state index in [0.29, 0.717) is 11.3 Å². The highest BCUT2D eigenvalue weighted by molar-refractivity contribution is 5.71. The first-order chi connectivity index (χ1) is 14.7. The highest BCUT2D eigenvalue weighted by Gasteiger charge is 2.22. The lowest BCUT2D eigenvalue weighted by molar-refractivity contribution is -0.137. The largest absolute Gasteiger partial charge is 0.487 e. The molecule has 8 heteroatoms. The molecule has 0 fully saturated rings. The van der Waals surface area contributed by atoms with Crippen LogP contribution in [0.25, 0.3) is 0 Å². The molecule has 0 radical (unpaired) electrons. The van der Waals surface area contributed by atoms with E-state index < -0.39 is 23.7 Å². The van der Waals surface area contributed by atoms with Crippen LogP contribution in [0.5, 0.6) is 11.5 Å². The lowest BCUT2D eigenvalue weighted by Crippen LogP contribution is -2.43. The van der Waals surface area contributed by atoms with E-state index in [1.54, 1.807) is 32.9 Å². The van der Waals surface area contributed by atoms with Crippen molar-refractivity contribution in [2.45, 2.75) is 45.4 Å². The van der Waals surface area contributed by atoms with Crippen molar-refractivity contribution < 1.29 is 28.9 Å². The van der Waals surface area contributed by atoms with Crippen LogP contribution in [0.4, 0.5) is 4.79 Å². The van der Waals surface area contributed by atoms with E-state index in [4.69, 9.17) is 19.3 Å². The second kappa shape index (κ2) is 10.9. The summed E-state index contributed by atoms with van der Waals surface area (Å²) in [5, 5.41) is 20.9. The van der Waals surface area contributed by atoms with Crippen LogP contribution < -0.4 is 14.8 Å². The lowest BCUT2D eigenvalue weighted by Gasteiger charge is -2.23. The van der Waals surface area contributed by atoms with E-state index in [1.807, 2.05) is 36.4 Å². The fourth-order valence-electron chi connectivity index (χ4n) is 2.57. The van der Waals surface area contributed by atoms with Crippen molar-refractivity contribution in [2.75, 3.05) is 6.61 Å². The van der Waals surface area contributed by atoms with Crippen molar-refractivity contribution in [3.8, 4) is 17.6 Å². The Morgan fingerprint density at radius 1 is 1.10 bits per heavy atom. The average molecular weight is 426 g/mol. The first-order valence-electron chi connectivity index (χ1n) is 9.71. The number of carboxylic acid groups (broad SMARTS) is 1. The molecule has 0 spiro atoms. The minimum Gasteiger partial charge on any atom is -0.487 e. The zero-order chi connectivity index (χ0) is 22.9. The molecule has 2 aromatic rings. The van der Waals surface area contributed by atoms with Crippen LogP contribution in [-0.4, -0.2) is 35.4 Å². The number of aliphatic carboxylic acids is 1. The molecule has 164 valence electrons. The third kappa shape index (κ3) is 8.66. The van der Waals surface area contributed by atoms with Crippen molar-refractivity contribution >= 4 is 12.1 Å². The van der Waals surface area contributed by atoms with E-state index in [2.05, 4.69) is 5.32 Å². The van der Waals surface area contributed by atoms with Crippen LogP contribution in [0.2, 0.25) is 0 Å². The Hall–Kier alpha value is -3.73. The molecule has 31 heavy (non-hydrogen) atoms. The number of amides is 1. The maximum absolute atomic E-state index is 12.0. The summed E-state index contributed by atoms with van der Waals surface area (Å²) in [6.45, 7) is 5.26. The van der Waals surface area contributed by atoms with E-state index >= 15 is 0 Å². The minimum atomic E-state index is -1.10. The standard InChI is InChI=1S/C23H26N2O6/c1-23(2,3)31-22(28)25-18(12-21(26)27)15-30-20-11-17(13-24)9-10-19(20)29-14-16-7-5-4-6-8-16/h4-11,18H,12,14-15H2,1-3H3,(H,25,28)(H,26,27)/t18-/m1/s1. The van der Waals surface area contributed by atoms with Gasteiger partial charge in [0.15, 0.2) is 11.5 Å². The summed E-state index contributed by atoms with van der Waals surface area (Å²) in [6.07, 6.45) is -1.11. The van der Waals surface area contributed by atoms with Crippen LogP contribution in [0.3, 0.4) is 0 Å². The highest BCUT2D eigenvalue weighted by Crippen LogP contribution is 2.29. The number of carbonyl (C=O) groups is 2. The molecule has 0 unspecified atom stereocenters. The summed E-state index contributed by atoms with van der Waals surface area (Å²) in [4.78, 5) is 23.2. The maximum atomic E-state index is 12.0. The molecule has 0 aromatic heterocycles. The molecule has 0 aliphatic heterocycles. The number of hydrogen-bond acceptors (Lipinski definition) is 6. The fourth-order valence-corrected chi connectivity index (χ4v) is 2.57. The summed E-state index contributed by atoms with van der Waals surface area (Å²) in [5.74, 6) is -0.429. The predicted molar refractivity (Wildman–Crippen MR) is 113 cm³/mol. The molecule has 2 rings (SSSR count). The number of hydrogen-bond donors (Lipinski definition) is 2. The van der Waals surface area contributed by atoms with Crippen molar-refractivity contribution in [3.63, 3.8) is 0 Å². The van der Waals surface area contributed by atoms with Gasteiger partial charge >= 0.3 is 12.1 Å².